The number of nitrogens with one attached hydrogen (secondary N) is 1. The third-order valence-corrected chi connectivity index (χ3v) is 12.3. The zero-order valence-electron chi connectivity index (χ0n) is 29.4. The lowest BCUT2D eigenvalue weighted by Crippen LogP contribution is -2.46. The zero-order valence-corrected chi connectivity index (χ0v) is 29.4. The van der Waals surface area contributed by atoms with Gasteiger partial charge in [0.05, 0.1) is 16.4 Å². The van der Waals surface area contributed by atoms with Crippen LogP contribution in [0.1, 0.15) is 77.2 Å². The first-order chi connectivity index (χ1) is 24.7. The number of rotatable bonds is 12. The average molecular weight is 693 g/mol. The number of nitro groups is 1. The Morgan fingerprint density at radius 3 is 2.45 bits per heavy atom. The summed E-state index contributed by atoms with van der Waals surface area (Å²) in [5.74, 6) is 4.00. The van der Waals surface area contributed by atoms with E-state index in [0.29, 0.717) is 40.0 Å². The number of carbonyl (C=O) groups excluding carboxylic acids is 1. The first kappa shape index (κ1) is 33.6. The number of amides is 1. The maximum Gasteiger partial charge on any atom is 0.312 e. The number of benzene rings is 2. The second-order valence-electron chi connectivity index (χ2n) is 15.8. The number of hydrogen-bond donors (Lipinski definition) is 2. The highest BCUT2D eigenvalue weighted by Crippen LogP contribution is 2.61. The van der Waals surface area contributed by atoms with E-state index in [4.69, 9.17) is 15.6 Å². The predicted octanol–water partition coefficient (Wildman–Crippen LogP) is 7.16. The van der Waals surface area contributed by atoms with Gasteiger partial charge in [0.2, 0.25) is 11.7 Å². The highest BCUT2D eigenvalue weighted by Gasteiger charge is 2.50. The normalized spacial score (nSPS) is 25.2. The van der Waals surface area contributed by atoms with Gasteiger partial charge in [-0.05, 0) is 112 Å². The number of nitrogen functional groups attached to an aromatic ring is 1. The SMILES string of the molecule is CC(CCC12CC3CC(CC(C3)C1)C2)C(=O)NCCN1CCC(n2nc(-c3ccc(Oc4ccccc4)c([N+](=O)[O-])c3)c3c(N)ncnc32)CC1. The molecule has 3 N–H and O–H groups in total. The molecule has 2 aromatic heterocycles. The molecular formula is C39H48N8O4. The Kier molecular flexibility index (Phi) is 9.12. The highest BCUT2D eigenvalue weighted by molar-refractivity contribution is 5.98. The molecule has 12 nitrogen and oxygen atoms in total. The van der Waals surface area contributed by atoms with Crippen LogP contribution in [0.2, 0.25) is 0 Å². The van der Waals surface area contributed by atoms with Crippen molar-refractivity contribution in [2.45, 2.75) is 77.2 Å². The summed E-state index contributed by atoms with van der Waals surface area (Å²) in [6.07, 6.45) is 13.9. The van der Waals surface area contributed by atoms with Crippen LogP contribution in [0.25, 0.3) is 22.3 Å². The lowest BCUT2D eigenvalue weighted by Gasteiger charge is -2.57. The van der Waals surface area contributed by atoms with Gasteiger partial charge in [0.25, 0.3) is 0 Å². The van der Waals surface area contributed by atoms with Crippen molar-refractivity contribution in [1.82, 2.24) is 30.0 Å². The van der Waals surface area contributed by atoms with Gasteiger partial charge in [0, 0.05) is 43.7 Å². The van der Waals surface area contributed by atoms with Crippen LogP contribution in [0.5, 0.6) is 11.5 Å². The first-order valence-electron chi connectivity index (χ1n) is 18.7. The van der Waals surface area contributed by atoms with Crippen LogP contribution in [-0.2, 0) is 4.79 Å². The molecule has 1 amide bonds. The fourth-order valence-electron chi connectivity index (χ4n) is 10.1. The molecule has 5 fully saturated rings. The van der Waals surface area contributed by atoms with Gasteiger partial charge in [-0.2, -0.15) is 5.10 Å². The number of anilines is 1. The first-order valence-corrected chi connectivity index (χ1v) is 18.7. The van der Waals surface area contributed by atoms with Crippen LogP contribution in [0.15, 0.2) is 54.9 Å². The lowest BCUT2D eigenvalue weighted by atomic mass is 9.48. The number of nitrogens with zero attached hydrogens (tertiary/aromatic N) is 6. The molecule has 4 bridgehead atoms. The number of carbonyl (C=O) groups is 1. The third-order valence-electron chi connectivity index (χ3n) is 12.3. The van der Waals surface area contributed by atoms with E-state index >= 15 is 0 Å². The van der Waals surface area contributed by atoms with Gasteiger partial charge in [0.15, 0.2) is 5.65 Å². The Morgan fingerprint density at radius 1 is 1.06 bits per heavy atom. The molecule has 3 heterocycles. The van der Waals surface area contributed by atoms with Crippen molar-refractivity contribution in [3.63, 3.8) is 0 Å². The van der Waals surface area contributed by atoms with Gasteiger partial charge in [-0.15, -0.1) is 0 Å². The molecule has 1 saturated heterocycles. The number of nitro benzene ring substituents is 1. The number of para-hydroxylation sites is 1. The van der Waals surface area contributed by atoms with E-state index in [1.54, 1.807) is 24.3 Å². The van der Waals surface area contributed by atoms with E-state index in [0.717, 1.165) is 56.7 Å². The predicted molar refractivity (Wildman–Crippen MR) is 195 cm³/mol. The molecule has 0 radical (unpaired) electrons. The fourth-order valence-corrected chi connectivity index (χ4v) is 10.1. The van der Waals surface area contributed by atoms with Crippen molar-refractivity contribution < 1.29 is 14.5 Å². The van der Waals surface area contributed by atoms with E-state index in [-0.39, 0.29) is 35.1 Å². The van der Waals surface area contributed by atoms with E-state index < -0.39 is 4.92 Å². The van der Waals surface area contributed by atoms with Crippen molar-refractivity contribution in [2.24, 2.45) is 29.1 Å². The summed E-state index contributed by atoms with van der Waals surface area (Å²) in [7, 11) is 0. The van der Waals surface area contributed by atoms with E-state index in [1.807, 2.05) is 22.9 Å². The third kappa shape index (κ3) is 6.90. The van der Waals surface area contributed by atoms with E-state index in [9.17, 15) is 14.9 Å². The zero-order chi connectivity index (χ0) is 35.1. The molecule has 4 saturated carbocycles. The molecule has 4 aromatic rings. The van der Waals surface area contributed by atoms with Gasteiger partial charge < -0.3 is 20.7 Å². The summed E-state index contributed by atoms with van der Waals surface area (Å²) < 4.78 is 7.75. The maximum atomic E-state index is 13.1. The van der Waals surface area contributed by atoms with Crippen LogP contribution in [0.4, 0.5) is 11.5 Å². The highest BCUT2D eigenvalue weighted by atomic mass is 16.6. The van der Waals surface area contributed by atoms with E-state index in [1.165, 1.54) is 57.3 Å². The molecule has 12 heteroatoms. The minimum atomic E-state index is -0.455. The van der Waals surface area contributed by atoms with Crippen LogP contribution in [-0.4, -0.2) is 61.7 Å². The topological polar surface area (TPSA) is 154 Å². The number of likely N-dealkylation sites (tertiary alicyclic amines) is 1. The van der Waals surface area contributed by atoms with E-state index in [2.05, 4.69) is 27.1 Å². The maximum absolute atomic E-state index is 13.1. The molecule has 51 heavy (non-hydrogen) atoms. The number of aromatic nitrogens is 4. The molecule has 9 rings (SSSR count). The number of nitrogens with two attached hydrogens (primary N) is 1. The molecule has 2 aromatic carbocycles. The van der Waals surface area contributed by atoms with Gasteiger partial charge in [-0.3, -0.25) is 14.9 Å². The van der Waals surface area contributed by atoms with Crippen LogP contribution >= 0.6 is 0 Å². The van der Waals surface area contributed by atoms with Crippen LogP contribution in [0, 0.1) is 39.2 Å². The Hall–Kier alpha value is -4.58. The average Bonchev–Trinajstić information content (AvgIpc) is 3.52. The van der Waals surface area contributed by atoms with Crippen LogP contribution in [0.3, 0.4) is 0 Å². The minimum Gasteiger partial charge on any atom is -0.450 e. The molecule has 268 valence electrons. The summed E-state index contributed by atoms with van der Waals surface area (Å²) in [6.45, 7) is 5.27. The molecule has 4 aliphatic carbocycles. The van der Waals surface area contributed by atoms with Crippen molar-refractivity contribution in [3.8, 4) is 22.8 Å². The van der Waals surface area contributed by atoms with Crippen molar-refractivity contribution in [2.75, 3.05) is 31.9 Å². The quantitative estimate of drug-likeness (QED) is 0.116. The van der Waals surface area contributed by atoms with Crippen molar-refractivity contribution in [1.29, 1.82) is 0 Å². The summed E-state index contributed by atoms with van der Waals surface area (Å²) in [5, 5.41) is 20.9. The fraction of sp³-hybridized carbons (Fsp3) is 0.538. The number of hydrogen-bond acceptors (Lipinski definition) is 9. The Labute approximate surface area is 298 Å². The molecule has 1 aliphatic heterocycles. The molecule has 1 atom stereocenters. The standard InChI is InChI=1S/C39H48N8O4/c1-25(9-12-39-21-26-17-27(22-39)19-28(18-26)23-39)38(48)41-13-16-45-14-10-30(11-15-45)46-37-34(36(40)42-24-43-37)35(44-46)29-7-8-33(32(20-29)47(49)50)51-31-5-3-2-4-6-31/h2-8,20,24-28,30H,9-19,21-23H2,1H3,(H,41,48)(H2,40,42,43). The van der Waals surface area contributed by atoms with Gasteiger partial charge in [0.1, 0.15) is 23.6 Å². The summed E-state index contributed by atoms with van der Waals surface area (Å²) in [5.41, 5.74) is 8.36. The van der Waals surface area contributed by atoms with Crippen LogP contribution < -0.4 is 15.8 Å². The summed E-state index contributed by atoms with van der Waals surface area (Å²) in [6, 6.07) is 13.9. The second kappa shape index (κ2) is 13.9. The Morgan fingerprint density at radius 2 is 1.76 bits per heavy atom. The Balaban J connectivity index is 0.879. The molecule has 5 aliphatic rings. The largest absolute Gasteiger partial charge is 0.450 e. The lowest BCUT2D eigenvalue weighted by molar-refractivity contribution is -0.385. The number of fused-ring (bicyclic) bond motifs is 1. The molecule has 1 unspecified atom stereocenters. The monoisotopic (exact) mass is 692 g/mol. The van der Waals surface area contributed by atoms with Crippen molar-refractivity contribution in [3.05, 3.63) is 65.0 Å². The molecule has 0 spiro atoms. The number of ether oxygens (including phenoxy) is 1. The van der Waals surface area contributed by atoms with Crippen molar-refractivity contribution >= 4 is 28.4 Å². The van der Waals surface area contributed by atoms with Gasteiger partial charge in [-0.25, -0.2) is 14.6 Å². The van der Waals surface area contributed by atoms with Gasteiger partial charge in [-0.1, -0.05) is 25.1 Å². The summed E-state index contributed by atoms with van der Waals surface area (Å²) >= 11 is 0. The number of piperidine rings is 1. The minimum absolute atomic E-state index is 0.0504. The smallest absolute Gasteiger partial charge is 0.312 e. The molecular weight excluding hydrogens is 644 g/mol. The summed E-state index contributed by atoms with van der Waals surface area (Å²) in [4.78, 5) is 35.9. The Bertz CT molecular complexity index is 1870. The second-order valence-corrected chi connectivity index (χ2v) is 15.8. The van der Waals surface area contributed by atoms with Gasteiger partial charge >= 0.3 is 5.69 Å².